The maximum Gasteiger partial charge on any atom is 0.310 e. The van der Waals surface area contributed by atoms with Crippen LogP contribution in [-0.4, -0.2) is 46.3 Å². The molecule has 1 aliphatic heterocycles. The smallest absolute Gasteiger partial charge is 0.310 e. The van der Waals surface area contributed by atoms with Gasteiger partial charge in [-0.05, 0) is 32.6 Å². The summed E-state index contributed by atoms with van der Waals surface area (Å²) in [6, 6.07) is 0. The van der Waals surface area contributed by atoms with Crippen molar-refractivity contribution >= 4 is 11.9 Å². The second kappa shape index (κ2) is 8.31. The Hall–Kier alpha value is -1.85. The molecule has 0 N–H and O–H groups in total. The van der Waals surface area contributed by atoms with Crippen LogP contribution in [0.1, 0.15) is 61.8 Å². The first-order valence-corrected chi connectivity index (χ1v) is 9.04. The quantitative estimate of drug-likeness (QED) is 0.749. The van der Waals surface area contributed by atoms with E-state index in [4.69, 9.17) is 4.74 Å². The van der Waals surface area contributed by atoms with Crippen LogP contribution in [0.15, 0.2) is 0 Å². The average molecular weight is 335 g/mol. The third kappa shape index (κ3) is 3.79. The summed E-state index contributed by atoms with van der Waals surface area (Å²) in [5.41, 5.74) is 2.59. The van der Waals surface area contributed by atoms with Gasteiger partial charge in [-0.3, -0.25) is 14.3 Å². The zero-order valence-electron chi connectivity index (χ0n) is 15.3. The number of aryl methyl sites for hydroxylation is 2. The van der Waals surface area contributed by atoms with Gasteiger partial charge in [-0.2, -0.15) is 5.10 Å². The predicted octanol–water partition coefficient (Wildman–Crippen LogP) is 2.35. The first kappa shape index (κ1) is 18.5. The van der Waals surface area contributed by atoms with Gasteiger partial charge in [0.25, 0.3) is 5.91 Å². The van der Waals surface area contributed by atoms with Gasteiger partial charge in [0.1, 0.15) is 0 Å². The molecule has 24 heavy (non-hydrogen) atoms. The molecule has 1 aromatic rings. The van der Waals surface area contributed by atoms with Crippen molar-refractivity contribution < 1.29 is 14.3 Å². The summed E-state index contributed by atoms with van der Waals surface area (Å²) < 4.78 is 6.96. The molecule has 134 valence electrons. The molecule has 1 aromatic heterocycles. The molecular formula is C18H29N3O3. The van der Waals surface area contributed by atoms with Crippen LogP contribution in [0.2, 0.25) is 0 Å². The van der Waals surface area contributed by atoms with Gasteiger partial charge in [0, 0.05) is 20.1 Å². The SMILES string of the molecule is CCCc1nn(C)c(CC)c1C(=O)N1CCC[C@@H](C(=O)OCC)C1. The van der Waals surface area contributed by atoms with Crippen molar-refractivity contribution in [1.82, 2.24) is 14.7 Å². The van der Waals surface area contributed by atoms with Crippen molar-refractivity contribution in [1.29, 1.82) is 0 Å². The molecule has 1 aliphatic rings. The first-order valence-electron chi connectivity index (χ1n) is 9.04. The molecule has 6 heteroatoms. The number of aromatic nitrogens is 2. The summed E-state index contributed by atoms with van der Waals surface area (Å²) in [5.74, 6) is -0.387. The third-order valence-electron chi connectivity index (χ3n) is 4.60. The van der Waals surface area contributed by atoms with Crippen LogP contribution in [0.25, 0.3) is 0 Å². The van der Waals surface area contributed by atoms with E-state index in [-0.39, 0.29) is 17.8 Å². The minimum atomic E-state index is -0.209. The number of hydrogen-bond acceptors (Lipinski definition) is 4. The second-order valence-corrected chi connectivity index (χ2v) is 6.34. The number of piperidine rings is 1. The van der Waals surface area contributed by atoms with Crippen molar-refractivity contribution in [2.45, 2.75) is 52.9 Å². The van der Waals surface area contributed by atoms with Gasteiger partial charge in [0.2, 0.25) is 0 Å². The Morgan fingerprint density at radius 1 is 1.29 bits per heavy atom. The molecule has 1 fully saturated rings. The third-order valence-corrected chi connectivity index (χ3v) is 4.60. The van der Waals surface area contributed by atoms with E-state index in [2.05, 4.69) is 12.0 Å². The van der Waals surface area contributed by atoms with Crippen LogP contribution in [0.4, 0.5) is 0 Å². The summed E-state index contributed by atoms with van der Waals surface area (Å²) in [4.78, 5) is 27.0. The van der Waals surface area contributed by atoms with Crippen LogP contribution in [-0.2, 0) is 29.4 Å². The second-order valence-electron chi connectivity index (χ2n) is 6.34. The summed E-state index contributed by atoms with van der Waals surface area (Å²) >= 11 is 0. The lowest BCUT2D eigenvalue weighted by molar-refractivity contribution is -0.149. The molecule has 0 aliphatic carbocycles. The van der Waals surface area contributed by atoms with E-state index in [0.717, 1.165) is 49.1 Å². The number of esters is 1. The van der Waals surface area contributed by atoms with E-state index in [9.17, 15) is 9.59 Å². The van der Waals surface area contributed by atoms with E-state index in [1.165, 1.54) is 0 Å². The predicted molar refractivity (Wildman–Crippen MR) is 91.8 cm³/mol. The molecule has 0 aromatic carbocycles. The summed E-state index contributed by atoms with van der Waals surface area (Å²) in [7, 11) is 1.90. The van der Waals surface area contributed by atoms with E-state index < -0.39 is 0 Å². The lowest BCUT2D eigenvalue weighted by Crippen LogP contribution is -2.43. The molecule has 1 amide bonds. The number of carbonyl (C=O) groups is 2. The van der Waals surface area contributed by atoms with Gasteiger partial charge in [0.15, 0.2) is 0 Å². The number of hydrogen-bond donors (Lipinski definition) is 0. The fraction of sp³-hybridized carbons (Fsp3) is 0.722. The molecule has 0 saturated carbocycles. The van der Waals surface area contributed by atoms with Gasteiger partial charge in [0.05, 0.1) is 29.5 Å². The summed E-state index contributed by atoms with van der Waals surface area (Å²) in [5, 5.41) is 4.55. The fourth-order valence-electron chi connectivity index (χ4n) is 3.46. The van der Waals surface area contributed by atoms with Gasteiger partial charge in [-0.15, -0.1) is 0 Å². The maximum absolute atomic E-state index is 13.1. The molecule has 6 nitrogen and oxygen atoms in total. The Bertz CT molecular complexity index is 595. The number of rotatable bonds is 6. The molecule has 0 bridgehead atoms. The van der Waals surface area contributed by atoms with E-state index in [1.807, 2.05) is 25.6 Å². The zero-order valence-corrected chi connectivity index (χ0v) is 15.3. The lowest BCUT2D eigenvalue weighted by Gasteiger charge is -2.31. The van der Waals surface area contributed by atoms with Crippen molar-refractivity contribution in [3.8, 4) is 0 Å². The standard InChI is InChI=1S/C18H29N3O3/c1-5-9-14-16(15(6-2)20(4)19-14)17(22)21-11-8-10-13(12-21)18(23)24-7-3/h13H,5-12H2,1-4H3/t13-/m1/s1. The fourth-order valence-corrected chi connectivity index (χ4v) is 3.46. The van der Waals surface area contributed by atoms with E-state index in [1.54, 1.807) is 4.90 Å². The summed E-state index contributed by atoms with van der Waals surface area (Å²) in [6.45, 7) is 7.46. The Balaban J connectivity index is 2.23. The largest absolute Gasteiger partial charge is 0.466 e. The highest BCUT2D eigenvalue weighted by Gasteiger charge is 2.32. The van der Waals surface area contributed by atoms with Crippen molar-refractivity contribution in [2.24, 2.45) is 13.0 Å². The molecule has 0 radical (unpaired) electrons. The zero-order chi connectivity index (χ0) is 17.7. The Labute approximate surface area is 144 Å². The highest BCUT2D eigenvalue weighted by atomic mass is 16.5. The number of likely N-dealkylation sites (tertiary alicyclic amines) is 1. The molecule has 2 rings (SSSR count). The van der Waals surface area contributed by atoms with Crippen LogP contribution in [0.3, 0.4) is 0 Å². The highest BCUT2D eigenvalue weighted by Crippen LogP contribution is 2.24. The molecule has 0 unspecified atom stereocenters. The Morgan fingerprint density at radius 3 is 2.67 bits per heavy atom. The molecule has 2 heterocycles. The normalized spacial score (nSPS) is 17.8. The lowest BCUT2D eigenvalue weighted by atomic mass is 9.96. The number of amides is 1. The average Bonchev–Trinajstić information content (AvgIpc) is 2.90. The highest BCUT2D eigenvalue weighted by molar-refractivity contribution is 5.97. The maximum atomic E-state index is 13.1. The monoisotopic (exact) mass is 335 g/mol. The minimum absolute atomic E-state index is 0.0115. The van der Waals surface area contributed by atoms with Crippen LogP contribution in [0.5, 0.6) is 0 Å². The van der Waals surface area contributed by atoms with E-state index >= 15 is 0 Å². The minimum Gasteiger partial charge on any atom is -0.466 e. The van der Waals surface area contributed by atoms with E-state index in [0.29, 0.717) is 19.7 Å². The first-order chi connectivity index (χ1) is 11.5. The van der Waals surface area contributed by atoms with Gasteiger partial charge in [-0.1, -0.05) is 20.3 Å². The molecular weight excluding hydrogens is 306 g/mol. The number of carbonyl (C=O) groups excluding carboxylic acids is 2. The van der Waals surface area contributed by atoms with Crippen molar-refractivity contribution in [3.05, 3.63) is 17.0 Å². The van der Waals surface area contributed by atoms with Crippen LogP contribution < -0.4 is 0 Å². The Kier molecular flexibility index (Phi) is 6.40. The topological polar surface area (TPSA) is 64.4 Å². The van der Waals surface area contributed by atoms with Crippen LogP contribution >= 0.6 is 0 Å². The molecule has 1 atom stereocenters. The van der Waals surface area contributed by atoms with Gasteiger partial charge < -0.3 is 9.64 Å². The van der Waals surface area contributed by atoms with Crippen molar-refractivity contribution in [2.75, 3.05) is 19.7 Å². The number of ether oxygens (including phenoxy) is 1. The summed E-state index contributed by atoms with van der Waals surface area (Å²) in [6.07, 6.45) is 4.14. The molecule has 1 saturated heterocycles. The molecule has 0 spiro atoms. The van der Waals surface area contributed by atoms with Gasteiger partial charge in [-0.25, -0.2) is 0 Å². The number of nitrogens with zero attached hydrogens (tertiary/aromatic N) is 3. The van der Waals surface area contributed by atoms with Crippen molar-refractivity contribution in [3.63, 3.8) is 0 Å². The Morgan fingerprint density at radius 2 is 2.04 bits per heavy atom. The van der Waals surface area contributed by atoms with Gasteiger partial charge >= 0.3 is 5.97 Å². The van der Waals surface area contributed by atoms with Crippen LogP contribution in [0, 0.1) is 5.92 Å².